The van der Waals surface area contributed by atoms with Crippen molar-refractivity contribution in [2.75, 3.05) is 18.2 Å². The summed E-state index contributed by atoms with van der Waals surface area (Å²) in [7, 11) is 0. The average Bonchev–Trinajstić information content (AvgIpc) is 3.42. The number of amides is 3. The molecule has 0 spiro atoms. The minimum Gasteiger partial charge on any atom is -0.479 e. The molecule has 3 rings (SSSR count). The van der Waals surface area contributed by atoms with Crippen molar-refractivity contribution in [2.45, 2.75) is 51.1 Å². The van der Waals surface area contributed by atoms with Gasteiger partial charge in [-0.2, -0.15) is 0 Å². The molecule has 3 amide bonds. The Morgan fingerprint density at radius 1 is 1.08 bits per heavy atom. The molecule has 10 nitrogen and oxygen atoms in total. The Balaban J connectivity index is 1.66. The van der Waals surface area contributed by atoms with Crippen LogP contribution in [0.1, 0.15) is 25.0 Å². The topological polar surface area (TPSA) is 136 Å². The number of aliphatic hydroxyl groups is 1. The van der Waals surface area contributed by atoms with Gasteiger partial charge in [0.05, 0.1) is 11.9 Å². The van der Waals surface area contributed by atoms with Gasteiger partial charge in [0.2, 0.25) is 11.8 Å². The number of thioether (sulfide) groups is 1. The van der Waals surface area contributed by atoms with E-state index in [1.54, 1.807) is 38.1 Å². The maximum Gasteiger partial charge on any atom is 0.410 e. The van der Waals surface area contributed by atoms with E-state index < -0.39 is 48.1 Å². The van der Waals surface area contributed by atoms with Crippen LogP contribution in [0.15, 0.2) is 60.7 Å². The number of rotatable bonds is 11. The second kappa shape index (κ2) is 13.8. The molecule has 1 aliphatic heterocycles. The van der Waals surface area contributed by atoms with E-state index in [1.165, 1.54) is 21.6 Å². The molecular weight excluding hydrogens is 510 g/mol. The van der Waals surface area contributed by atoms with Crippen LogP contribution >= 0.6 is 11.8 Å². The number of carboxylic acid groups (broad SMARTS) is 1. The molecule has 2 aromatic rings. The Morgan fingerprint density at radius 2 is 1.68 bits per heavy atom. The number of hydrogen-bond acceptors (Lipinski definition) is 7. The molecule has 4 atom stereocenters. The van der Waals surface area contributed by atoms with Gasteiger partial charge < -0.3 is 25.2 Å². The Labute approximate surface area is 225 Å². The van der Waals surface area contributed by atoms with E-state index in [2.05, 4.69) is 5.32 Å². The van der Waals surface area contributed by atoms with Crippen molar-refractivity contribution in [3.8, 4) is 0 Å². The van der Waals surface area contributed by atoms with Crippen LogP contribution in [0.3, 0.4) is 0 Å². The van der Waals surface area contributed by atoms with Crippen molar-refractivity contribution >= 4 is 35.6 Å². The van der Waals surface area contributed by atoms with Crippen LogP contribution in [0.5, 0.6) is 0 Å². The third kappa shape index (κ3) is 7.48. The number of aliphatic carboxylic acids is 1. The lowest BCUT2D eigenvalue weighted by Gasteiger charge is -2.32. The number of carboxylic acids is 1. The zero-order valence-corrected chi connectivity index (χ0v) is 22.2. The third-order valence-electron chi connectivity index (χ3n) is 6.33. The molecule has 1 heterocycles. The Bertz CT molecular complexity index is 1100. The fraction of sp³-hybridized carbons (Fsp3) is 0.407. The molecule has 3 N–H and O–H groups in total. The van der Waals surface area contributed by atoms with E-state index in [0.717, 1.165) is 11.1 Å². The summed E-state index contributed by atoms with van der Waals surface area (Å²) in [5.74, 6) is -1.90. The Hall–Kier alpha value is -3.57. The molecule has 1 fully saturated rings. The van der Waals surface area contributed by atoms with Crippen LogP contribution in [0.2, 0.25) is 0 Å². The fourth-order valence-electron chi connectivity index (χ4n) is 4.17. The zero-order valence-electron chi connectivity index (χ0n) is 21.4. The number of likely N-dealkylation sites (N-methyl/N-ethyl adjacent to an activating group) is 1. The van der Waals surface area contributed by atoms with Crippen molar-refractivity contribution in [1.82, 2.24) is 15.1 Å². The monoisotopic (exact) mass is 543 g/mol. The first-order valence-corrected chi connectivity index (χ1v) is 13.5. The lowest BCUT2D eigenvalue weighted by atomic mass is 10.0. The number of carbonyl (C=O) groups is 4. The standard InChI is InChI=1S/C27H33N3O7S/c1-3-29(27(36)37-15-20-12-8-5-9-13-20)18(2)25(33)30-17-38-16-22(30)24(32)28-21(23(31)26(34)35)14-19-10-6-4-7-11-19/h4-13,18,21-23,31H,3,14-17H2,1-2H3,(H,28,32)(H,34,35)/t18-,21-,22-,23?/m0/s1. The van der Waals surface area contributed by atoms with Crippen molar-refractivity contribution < 1.29 is 34.1 Å². The van der Waals surface area contributed by atoms with Gasteiger partial charge in [0.1, 0.15) is 18.7 Å². The molecule has 204 valence electrons. The number of aliphatic hydroxyl groups excluding tert-OH is 1. The number of carbonyl (C=O) groups excluding carboxylic acids is 3. The number of nitrogens with one attached hydrogen (secondary N) is 1. The highest BCUT2D eigenvalue weighted by Crippen LogP contribution is 2.24. The second-order valence-electron chi connectivity index (χ2n) is 8.91. The van der Waals surface area contributed by atoms with Crippen LogP contribution in [0, 0.1) is 0 Å². The second-order valence-corrected chi connectivity index (χ2v) is 9.91. The molecule has 0 saturated carbocycles. The molecule has 0 aliphatic carbocycles. The zero-order chi connectivity index (χ0) is 27.7. The van der Waals surface area contributed by atoms with Crippen LogP contribution in [0.4, 0.5) is 4.79 Å². The van der Waals surface area contributed by atoms with E-state index in [4.69, 9.17) is 4.74 Å². The molecule has 2 aromatic carbocycles. The van der Waals surface area contributed by atoms with Crippen LogP contribution in [0.25, 0.3) is 0 Å². The first-order chi connectivity index (χ1) is 18.2. The SMILES string of the molecule is CCN(C(=O)OCc1ccccc1)[C@@H](C)C(=O)N1CSC[C@H]1C(=O)N[C@@H](Cc1ccccc1)C(O)C(=O)O. The maximum absolute atomic E-state index is 13.4. The molecule has 1 unspecified atom stereocenters. The van der Waals surface area contributed by atoms with Crippen molar-refractivity contribution in [1.29, 1.82) is 0 Å². The van der Waals surface area contributed by atoms with Crippen LogP contribution < -0.4 is 5.32 Å². The quantitative estimate of drug-likeness (QED) is 0.392. The first kappa shape index (κ1) is 29.0. The molecule has 1 aliphatic rings. The van der Waals surface area contributed by atoms with Gasteiger partial charge >= 0.3 is 12.1 Å². The van der Waals surface area contributed by atoms with Crippen molar-refractivity contribution in [3.63, 3.8) is 0 Å². The van der Waals surface area contributed by atoms with Gasteiger partial charge in [-0.05, 0) is 31.4 Å². The number of nitrogens with zero attached hydrogens (tertiary/aromatic N) is 2. The van der Waals surface area contributed by atoms with Gasteiger partial charge in [-0.1, -0.05) is 60.7 Å². The summed E-state index contributed by atoms with van der Waals surface area (Å²) in [4.78, 5) is 53.5. The lowest BCUT2D eigenvalue weighted by Crippen LogP contribution is -2.57. The summed E-state index contributed by atoms with van der Waals surface area (Å²) >= 11 is 1.38. The van der Waals surface area contributed by atoms with Gasteiger partial charge in [-0.15, -0.1) is 11.8 Å². The smallest absolute Gasteiger partial charge is 0.410 e. The molecule has 1 saturated heterocycles. The first-order valence-electron chi connectivity index (χ1n) is 12.3. The molecule has 38 heavy (non-hydrogen) atoms. The summed E-state index contributed by atoms with van der Waals surface area (Å²) < 4.78 is 5.40. The number of hydrogen-bond donors (Lipinski definition) is 3. The summed E-state index contributed by atoms with van der Waals surface area (Å²) in [5, 5.41) is 22.2. The Morgan fingerprint density at radius 3 is 2.26 bits per heavy atom. The van der Waals surface area contributed by atoms with Crippen LogP contribution in [-0.4, -0.2) is 86.3 Å². The number of ether oxygens (including phenoxy) is 1. The predicted molar refractivity (Wildman–Crippen MR) is 142 cm³/mol. The summed E-state index contributed by atoms with van der Waals surface area (Å²) in [6, 6.07) is 15.2. The van der Waals surface area contributed by atoms with E-state index in [0.29, 0.717) is 5.75 Å². The maximum atomic E-state index is 13.4. The van der Waals surface area contributed by atoms with E-state index in [-0.39, 0.29) is 25.4 Å². The summed E-state index contributed by atoms with van der Waals surface area (Å²) in [6.07, 6.45) is -2.37. The van der Waals surface area contributed by atoms with E-state index >= 15 is 0 Å². The minimum atomic E-state index is -1.83. The van der Waals surface area contributed by atoms with Crippen molar-refractivity contribution in [3.05, 3.63) is 71.8 Å². The van der Waals surface area contributed by atoms with Gasteiger partial charge in [0, 0.05) is 12.3 Å². The van der Waals surface area contributed by atoms with Gasteiger partial charge in [0.15, 0.2) is 6.10 Å². The lowest BCUT2D eigenvalue weighted by molar-refractivity contribution is -0.149. The molecule has 11 heteroatoms. The largest absolute Gasteiger partial charge is 0.479 e. The van der Waals surface area contributed by atoms with Crippen LogP contribution in [-0.2, 0) is 32.1 Å². The molecule has 0 aromatic heterocycles. The summed E-state index contributed by atoms with van der Waals surface area (Å²) in [5.41, 5.74) is 1.56. The fourth-order valence-corrected chi connectivity index (χ4v) is 5.34. The van der Waals surface area contributed by atoms with Crippen molar-refractivity contribution in [2.24, 2.45) is 0 Å². The molecule has 0 radical (unpaired) electrons. The summed E-state index contributed by atoms with van der Waals surface area (Å²) in [6.45, 7) is 3.61. The average molecular weight is 544 g/mol. The minimum absolute atomic E-state index is 0.0659. The number of benzene rings is 2. The highest BCUT2D eigenvalue weighted by molar-refractivity contribution is 7.99. The molecule has 0 bridgehead atoms. The van der Waals surface area contributed by atoms with E-state index in [9.17, 15) is 29.4 Å². The molecular formula is C27H33N3O7S. The highest BCUT2D eigenvalue weighted by atomic mass is 32.2. The highest BCUT2D eigenvalue weighted by Gasteiger charge is 2.40. The normalized spacial score (nSPS) is 17.2. The van der Waals surface area contributed by atoms with Gasteiger partial charge in [0.25, 0.3) is 0 Å². The van der Waals surface area contributed by atoms with Gasteiger partial charge in [-0.3, -0.25) is 14.5 Å². The predicted octanol–water partition coefficient (Wildman–Crippen LogP) is 2.11. The Kier molecular flexibility index (Phi) is 10.5. The third-order valence-corrected chi connectivity index (χ3v) is 7.35. The van der Waals surface area contributed by atoms with Gasteiger partial charge in [-0.25, -0.2) is 9.59 Å². The van der Waals surface area contributed by atoms with E-state index in [1.807, 2.05) is 36.4 Å².